The molecule has 3 amide bonds. The minimum absolute atomic E-state index is 0.209. The smallest absolute Gasteiger partial charge is 0.410 e. The summed E-state index contributed by atoms with van der Waals surface area (Å²) >= 11 is 6.15. The quantitative estimate of drug-likeness (QED) is 0.631. The number of hydrogen-bond donors (Lipinski definition) is 2. The van der Waals surface area contributed by atoms with Gasteiger partial charge >= 0.3 is 18.1 Å². The molecule has 2 aliphatic heterocycles. The van der Waals surface area contributed by atoms with Crippen LogP contribution >= 0.6 is 11.6 Å². The number of rotatable bonds is 5. The van der Waals surface area contributed by atoms with Gasteiger partial charge in [0.15, 0.2) is 0 Å². The SMILES string of the molecule is CCOC(=O)C1=C(CN2CCN(C(=O)OC(C)(C)C)CC2)NC(=O)N[C@@H]1c1cccc(Cl)c1. The normalized spacial score (nSPS) is 19.6. The van der Waals surface area contributed by atoms with Gasteiger partial charge in [-0.1, -0.05) is 23.7 Å². The van der Waals surface area contributed by atoms with Crippen LogP contribution in [0.1, 0.15) is 39.3 Å². The van der Waals surface area contributed by atoms with E-state index in [1.165, 1.54) is 0 Å². The van der Waals surface area contributed by atoms with Crippen LogP contribution in [0.4, 0.5) is 9.59 Å². The maximum atomic E-state index is 12.9. The van der Waals surface area contributed by atoms with Crippen molar-refractivity contribution in [2.75, 3.05) is 39.3 Å². The lowest BCUT2D eigenvalue weighted by Gasteiger charge is -2.37. The third kappa shape index (κ3) is 6.61. The van der Waals surface area contributed by atoms with E-state index in [4.69, 9.17) is 21.1 Å². The molecule has 3 rings (SSSR count). The average Bonchev–Trinajstić information content (AvgIpc) is 2.72. The van der Waals surface area contributed by atoms with Crippen LogP contribution in [0.25, 0.3) is 0 Å². The molecule has 0 bridgehead atoms. The molecule has 1 saturated heterocycles. The Hall–Kier alpha value is -2.78. The highest BCUT2D eigenvalue weighted by Gasteiger charge is 2.35. The third-order valence-corrected chi connectivity index (χ3v) is 5.47. The van der Waals surface area contributed by atoms with E-state index in [2.05, 4.69) is 15.5 Å². The van der Waals surface area contributed by atoms with Gasteiger partial charge in [-0.05, 0) is 45.4 Å². The van der Waals surface area contributed by atoms with E-state index < -0.39 is 23.6 Å². The number of benzene rings is 1. The first-order valence-electron chi connectivity index (χ1n) is 11.0. The number of carbonyl (C=O) groups excluding carboxylic acids is 3. The van der Waals surface area contributed by atoms with Crippen molar-refractivity contribution in [3.63, 3.8) is 0 Å². The molecule has 10 heteroatoms. The molecule has 180 valence electrons. The summed E-state index contributed by atoms with van der Waals surface area (Å²) in [6.07, 6.45) is -0.343. The molecule has 2 N–H and O–H groups in total. The van der Waals surface area contributed by atoms with Crippen LogP contribution < -0.4 is 10.6 Å². The van der Waals surface area contributed by atoms with E-state index in [0.717, 1.165) is 0 Å². The summed E-state index contributed by atoms with van der Waals surface area (Å²) in [6.45, 7) is 9.90. The second-order valence-corrected chi connectivity index (χ2v) is 9.38. The number of hydrogen-bond acceptors (Lipinski definition) is 6. The van der Waals surface area contributed by atoms with E-state index >= 15 is 0 Å². The molecule has 0 saturated carbocycles. The third-order valence-electron chi connectivity index (χ3n) is 5.24. The number of esters is 1. The lowest BCUT2D eigenvalue weighted by Crippen LogP contribution is -2.53. The number of urea groups is 1. The standard InChI is InChI=1S/C23H31ClN4O5/c1-5-32-20(29)18-17(25-21(30)26-19(18)15-7-6-8-16(24)13-15)14-27-9-11-28(12-10-27)22(31)33-23(2,3)4/h6-8,13,19H,5,9-12,14H2,1-4H3,(H2,25,26,30)/t19-/m1/s1. The molecule has 33 heavy (non-hydrogen) atoms. The Morgan fingerprint density at radius 3 is 2.48 bits per heavy atom. The molecule has 0 spiro atoms. The van der Waals surface area contributed by atoms with E-state index in [9.17, 15) is 14.4 Å². The summed E-state index contributed by atoms with van der Waals surface area (Å²) in [7, 11) is 0. The van der Waals surface area contributed by atoms with Gasteiger partial charge in [-0.15, -0.1) is 0 Å². The lowest BCUT2D eigenvalue weighted by atomic mass is 9.95. The summed E-state index contributed by atoms with van der Waals surface area (Å²) in [5, 5.41) is 6.09. The van der Waals surface area contributed by atoms with Gasteiger partial charge in [-0.25, -0.2) is 14.4 Å². The summed E-state index contributed by atoms with van der Waals surface area (Å²) < 4.78 is 10.8. The predicted octanol–water partition coefficient (Wildman–Crippen LogP) is 3.06. The van der Waals surface area contributed by atoms with Crippen molar-refractivity contribution in [1.82, 2.24) is 20.4 Å². The molecule has 2 heterocycles. The number of amides is 3. The molecule has 1 aromatic carbocycles. The number of ether oxygens (including phenoxy) is 2. The van der Waals surface area contributed by atoms with Crippen LogP contribution in [0.2, 0.25) is 5.02 Å². The van der Waals surface area contributed by atoms with Crippen LogP contribution in [0.15, 0.2) is 35.5 Å². The van der Waals surface area contributed by atoms with E-state index in [-0.39, 0.29) is 12.7 Å². The van der Waals surface area contributed by atoms with Gasteiger partial charge in [0.2, 0.25) is 0 Å². The second kappa shape index (κ2) is 10.4. The molecule has 0 aliphatic carbocycles. The Balaban J connectivity index is 1.80. The van der Waals surface area contributed by atoms with Gasteiger partial charge in [0.1, 0.15) is 5.60 Å². The Morgan fingerprint density at radius 1 is 1.18 bits per heavy atom. The Labute approximate surface area is 199 Å². The Bertz CT molecular complexity index is 935. The largest absolute Gasteiger partial charge is 0.463 e. The number of piperazine rings is 1. The average molecular weight is 479 g/mol. The molecule has 9 nitrogen and oxygen atoms in total. The minimum atomic E-state index is -0.686. The Morgan fingerprint density at radius 2 is 1.88 bits per heavy atom. The van der Waals surface area contributed by atoms with Gasteiger partial charge < -0.3 is 25.0 Å². The lowest BCUT2D eigenvalue weighted by molar-refractivity contribution is -0.139. The first-order valence-corrected chi connectivity index (χ1v) is 11.4. The molecule has 1 aromatic rings. The highest BCUT2D eigenvalue weighted by Crippen LogP contribution is 2.29. The molecular formula is C23H31ClN4O5. The van der Waals surface area contributed by atoms with Gasteiger partial charge in [0, 0.05) is 43.4 Å². The molecular weight excluding hydrogens is 448 g/mol. The maximum absolute atomic E-state index is 12.9. The van der Waals surface area contributed by atoms with Gasteiger partial charge in [0.25, 0.3) is 0 Å². The number of halogens is 1. The van der Waals surface area contributed by atoms with E-state index in [1.807, 2.05) is 20.8 Å². The van der Waals surface area contributed by atoms with Crippen LogP contribution in [0.5, 0.6) is 0 Å². The zero-order chi connectivity index (χ0) is 24.2. The predicted molar refractivity (Wildman–Crippen MR) is 124 cm³/mol. The fraction of sp³-hybridized carbons (Fsp3) is 0.522. The molecule has 0 aromatic heterocycles. The number of carbonyl (C=O) groups is 3. The van der Waals surface area contributed by atoms with Gasteiger partial charge in [-0.3, -0.25) is 4.90 Å². The highest BCUT2D eigenvalue weighted by molar-refractivity contribution is 6.30. The van der Waals surface area contributed by atoms with Crippen molar-refractivity contribution in [1.29, 1.82) is 0 Å². The van der Waals surface area contributed by atoms with Crippen molar-refractivity contribution in [3.05, 3.63) is 46.1 Å². The summed E-state index contributed by atoms with van der Waals surface area (Å²) in [5.74, 6) is -0.502. The first kappa shape index (κ1) is 24.9. The van der Waals surface area contributed by atoms with E-state index in [0.29, 0.717) is 54.6 Å². The zero-order valence-corrected chi connectivity index (χ0v) is 20.2. The molecule has 0 radical (unpaired) electrons. The Kier molecular flexibility index (Phi) is 7.86. The molecule has 1 fully saturated rings. The fourth-order valence-electron chi connectivity index (χ4n) is 3.77. The number of nitrogens with one attached hydrogen (secondary N) is 2. The van der Waals surface area contributed by atoms with Crippen molar-refractivity contribution < 1.29 is 23.9 Å². The van der Waals surface area contributed by atoms with Crippen LogP contribution in [-0.2, 0) is 14.3 Å². The fourth-order valence-corrected chi connectivity index (χ4v) is 3.97. The second-order valence-electron chi connectivity index (χ2n) is 8.94. The van der Waals surface area contributed by atoms with Crippen LogP contribution in [0.3, 0.4) is 0 Å². The molecule has 2 aliphatic rings. The molecule has 1 atom stereocenters. The summed E-state index contributed by atoms with van der Waals surface area (Å²) in [5.41, 5.74) is 0.955. The van der Waals surface area contributed by atoms with Crippen LogP contribution in [0, 0.1) is 0 Å². The zero-order valence-electron chi connectivity index (χ0n) is 19.4. The summed E-state index contributed by atoms with van der Waals surface area (Å²) in [6, 6.07) is 5.93. The van der Waals surface area contributed by atoms with Crippen molar-refractivity contribution in [2.24, 2.45) is 0 Å². The van der Waals surface area contributed by atoms with Gasteiger partial charge in [-0.2, -0.15) is 0 Å². The van der Waals surface area contributed by atoms with Crippen molar-refractivity contribution in [3.8, 4) is 0 Å². The maximum Gasteiger partial charge on any atom is 0.410 e. The van der Waals surface area contributed by atoms with Crippen molar-refractivity contribution in [2.45, 2.75) is 39.3 Å². The topological polar surface area (TPSA) is 100 Å². The van der Waals surface area contributed by atoms with E-state index in [1.54, 1.807) is 36.1 Å². The highest BCUT2D eigenvalue weighted by atomic mass is 35.5. The summed E-state index contributed by atoms with van der Waals surface area (Å²) in [4.78, 5) is 41.4. The minimum Gasteiger partial charge on any atom is -0.463 e. The molecule has 0 unspecified atom stereocenters. The monoisotopic (exact) mass is 478 g/mol. The van der Waals surface area contributed by atoms with Crippen molar-refractivity contribution >= 4 is 29.7 Å². The van der Waals surface area contributed by atoms with Crippen LogP contribution in [-0.4, -0.2) is 72.8 Å². The first-order chi connectivity index (χ1) is 15.6. The van der Waals surface area contributed by atoms with Gasteiger partial charge in [0.05, 0.1) is 18.2 Å². The number of nitrogens with zero attached hydrogens (tertiary/aromatic N) is 2.